The Morgan fingerprint density at radius 3 is 2.18 bits per heavy atom. The number of hydrogen-bond acceptors (Lipinski definition) is 1. The SMILES string of the molecule is CCCCC[C@H]1CC[C@H](OC[C@H]2CC[C@](CCC)(c3ccccc3)CC2)CC1. The lowest BCUT2D eigenvalue weighted by Crippen LogP contribution is -2.34. The molecule has 0 N–H and O–H groups in total. The van der Waals surface area contributed by atoms with E-state index in [9.17, 15) is 0 Å². The summed E-state index contributed by atoms with van der Waals surface area (Å²) >= 11 is 0. The third kappa shape index (κ3) is 6.09. The van der Waals surface area contributed by atoms with E-state index in [1.165, 1.54) is 89.9 Å². The van der Waals surface area contributed by atoms with E-state index in [1.54, 1.807) is 5.56 Å². The number of ether oxygens (including phenoxy) is 1. The molecule has 0 unspecified atom stereocenters. The molecule has 2 aliphatic carbocycles. The van der Waals surface area contributed by atoms with Gasteiger partial charge in [-0.2, -0.15) is 0 Å². The maximum Gasteiger partial charge on any atom is 0.0575 e. The molecule has 158 valence electrons. The van der Waals surface area contributed by atoms with Crippen LogP contribution in [0.25, 0.3) is 0 Å². The first-order chi connectivity index (χ1) is 13.8. The highest BCUT2D eigenvalue weighted by Gasteiger charge is 2.36. The van der Waals surface area contributed by atoms with Gasteiger partial charge in [0.25, 0.3) is 0 Å². The summed E-state index contributed by atoms with van der Waals surface area (Å²) in [6.07, 6.45) is 19.7. The van der Waals surface area contributed by atoms with Gasteiger partial charge in [-0.05, 0) is 80.6 Å². The second-order valence-corrected chi connectivity index (χ2v) is 9.81. The molecule has 0 amide bonds. The molecule has 2 fully saturated rings. The van der Waals surface area contributed by atoms with E-state index in [0.29, 0.717) is 11.5 Å². The summed E-state index contributed by atoms with van der Waals surface area (Å²) in [6.45, 7) is 5.67. The van der Waals surface area contributed by atoms with Crippen LogP contribution in [0.2, 0.25) is 0 Å². The Labute approximate surface area is 174 Å². The van der Waals surface area contributed by atoms with Crippen LogP contribution in [0.3, 0.4) is 0 Å². The molecular weight excluding hydrogens is 340 g/mol. The first-order valence-corrected chi connectivity index (χ1v) is 12.4. The van der Waals surface area contributed by atoms with Crippen LogP contribution in [0.4, 0.5) is 0 Å². The Kier molecular flexibility index (Phi) is 8.90. The zero-order valence-corrected chi connectivity index (χ0v) is 18.6. The monoisotopic (exact) mass is 384 g/mol. The van der Waals surface area contributed by atoms with Gasteiger partial charge in [0.2, 0.25) is 0 Å². The summed E-state index contributed by atoms with van der Waals surface area (Å²) in [4.78, 5) is 0. The Morgan fingerprint density at radius 1 is 0.821 bits per heavy atom. The maximum atomic E-state index is 6.43. The number of benzene rings is 1. The minimum Gasteiger partial charge on any atom is -0.378 e. The highest BCUT2D eigenvalue weighted by atomic mass is 16.5. The van der Waals surface area contributed by atoms with Gasteiger partial charge in [-0.15, -0.1) is 0 Å². The lowest BCUT2D eigenvalue weighted by atomic mass is 9.64. The number of hydrogen-bond donors (Lipinski definition) is 0. The van der Waals surface area contributed by atoms with Crippen molar-refractivity contribution in [1.29, 1.82) is 0 Å². The van der Waals surface area contributed by atoms with Crippen LogP contribution in [-0.4, -0.2) is 12.7 Å². The fraction of sp³-hybridized carbons (Fsp3) is 0.778. The zero-order chi connectivity index (χ0) is 19.7. The molecule has 2 saturated carbocycles. The van der Waals surface area contributed by atoms with Crippen LogP contribution >= 0.6 is 0 Å². The second-order valence-electron chi connectivity index (χ2n) is 9.81. The Balaban J connectivity index is 1.39. The normalized spacial score (nSPS) is 31.0. The van der Waals surface area contributed by atoms with Gasteiger partial charge < -0.3 is 4.74 Å². The topological polar surface area (TPSA) is 9.23 Å². The third-order valence-corrected chi connectivity index (χ3v) is 7.75. The van der Waals surface area contributed by atoms with Gasteiger partial charge >= 0.3 is 0 Å². The highest BCUT2D eigenvalue weighted by molar-refractivity contribution is 5.26. The van der Waals surface area contributed by atoms with E-state index in [1.807, 2.05) is 0 Å². The molecule has 0 heterocycles. The summed E-state index contributed by atoms with van der Waals surface area (Å²) in [5.74, 6) is 1.78. The van der Waals surface area contributed by atoms with Gasteiger partial charge in [0.15, 0.2) is 0 Å². The van der Waals surface area contributed by atoms with Crippen LogP contribution in [0.1, 0.15) is 109 Å². The van der Waals surface area contributed by atoms with E-state index >= 15 is 0 Å². The van der Waals surface area contributed by atoms with Crippen LogP contribution in [0.15, 0.2) is 30.3 Å². The van der Waals surface area contributed by atoms with Gasteiger partial charge in [-0.25, -0.2) is 0 Å². The quantitative estimate of drug-likeness (QED) is 0.370. The maximum absolute atomic E-state index is 6.43. The minimum atomic E-state index is 0.434. The van der Waals surface area contributed by atoms with Gasteiger partial charge in [0, 0.05) is 6.61 Å². The van der Waals surface area contributed by atoms with Crippen molar-refractivity contribution in [3.05, 3.63) is 35.9 Å². The molecule has 1 nitrogen and oxygen atoms in total. The van der Waals surface area contributed by atoms with Crippen molar-refractivity contribution < 1.29 is 4.74 Å². The van der Waals surface area contributed by atoms with E-state index in [4.69, 9.17) is 4.74 Å². The molecule has 3 rings (SSSR count). The zero-order valence-electron chi connectivity index (χ0n) is 18.6. The lowest BCUT2D eigenvalue weighted by molar-refractivity contribution is -0.0121. The summed E-state index contributed by atoms with van der Waals surface area (Å²) in [7, 11) is 0. The van der Waals surface area contributed by atoms with Crippen molar-refractivity contribution in [2.45, 2.75) is 115 Å². The second kappa shape index (κ2) is 11.4. The standard InChI is InChI=1S/C27H44O/c1-3-5-7-10-23-13-15-26(16-14-23)28-22-24-17-20-27(19-4-2,21-18-24)25-11-8-6-9-12-25/h6,8-9,11-12,23-24,26H,3-5,7,10,13-22H2,1-2H3/t23-,24-,26-,27-. The van der Waals surface area contributed by atoms with Crippen molar-refractivity contribution in [2.75, 3.05) is 6.61 Å². The van der Waals surface area contributed by atoms with Gasteiger partial charge in [0.05, 0.1) is 6.10 Å². The Bertz CT molecular complexity index is 520. The number of rotatable bonds is 10. The summed E-state index contributed by atoms with van der Waals surface area (Å²) in [5, 5.41) is 0. The minimum absolute atomic E-state index is 0.434. The molecule has 2 aliphatic rings. The third-order valence-electron chi connectivity index (χ3n) is 7.75. The molecule has 1 heteroatoms. The molecule has 0 spiro atoms. The molecule has 0 atom stereocenters. The Hall–Kier alpha value is -0.820. The summed E-state index contributed by atoms with van der Waals surface area (Å²) in [5.41, 5.74) is 2.01. The van der Waals surface area contributed by atoms with E-state index in [0.717, 1.165) is 18.4 Å². The van der Waals surface area contributed by atoms with Gasteiger partial charge in [-0.3, -0.25) is 0 Å². The first-order valence-electron chi connectivity index (χ1n) is 12.4. The molecule has 0 aromatic heterocycles. The predicted molar refractivity (Wildman–Crippen MR) is 121 cm³/mol. The van der Waals surface area contributed by atoms with Crippen molar-refractivity contribution in [1.82, 2.24) is 0 Å². The molecule has 0 saturated heterocycles. The van der Waals surface area contributed by atoms with E-state index in [-0.39, 0.29) is 0 Å². The van der Waals surface area contributed by atoms with Gasteiger partial charge in [0.1, 0.15) is 0 Å². The average molecular weight is 385 g/mol. The summed E-state index contributed by atoms with van der Waals surface area (Å²) < 4.78 is 6.43. The van der Waals surface area contributed by atoms with Crippen LogP contribution in [0.5, 0.6) is 0 Å². The fourth-order valence-electron chi connectivity index (χ4n) is 5.89. The van der Waals surface area contributed by atoms with Crippen LogP contribution < -0.4 is 0 Å². The molecule has 28 heavy (non-hydrogen) atoms. The van der Waals surface area contributed by atoms with E-state index < -0.39 is 0 Å². The molecule has 0 aliphatic heterocycles. The van der Waals surface area contributed by atoms with Crippen molar-refractivity contribution >= 4 is 0 Å². The first kappa shape index (κ1) is 21.9. The molecule has 0 radical (unpaired) electrons. The largest absolute Gasteiger partial charge is 0.378 e. The molecule has 1 aromatic carbocycles. The Morgan fingerprint density at radius 2 is 1.54 bits per heavy atom. The highest BCUT2D eigenvalue weighted by Crippen LogP contribution is 2.45. The number of unbranched alkanes of at least 4 members (excludes halogenated alkanes) is 2. The van der Waals surface area contributed by atoms with Crippen molar-refractivity contribution in [3.8, 4) is 0 Å². The lowest BCUT2D eigenvalue weighted by Gasteiger charge is -2.41. The van der Waals surface area contributed by atoms with Crippen LogP contribution in [-0.2, 0) is 10.2 Å². The van der Waals surface area contributed by atoms with Crippen molar-refractivity contribution in [2.24, 2.45) is 11.8 Å². The smallest absolute Gasteiger partial charge is 0.0575 e. The van der Waals surface area contributed by atoms with Gasteiger partial charge in [-0.1, -0.05) is 76.3 Å². The van der Waals surface area contributed by atoms with E-state index in [2.05, 4.69) is 44.2 Å². The van der Waals surface area contributed by atoms with Crippen LogP contribution in [0, 0.1) is 11.8 Å². The van der Waals surface area contributed by atoms with Crippen molar-refractivity contribution in [3.63, 3.8) is 0 Å². The fourth-order valence-corrected chi connectivity index (χ4v) is 5.89. The predicted octanol–water partition coefficient (Wildman–Crippen LogP) is 8.07. The molecule has 1 aromatic rings. The summed E-state index contributed by atoms with van der Waals surface area (Å²) in [6, 6.07) is 11.3. The molecular formula is C27H44O. The average Bonchev–Trinajstić information content (AvgIpc) is 2.75. The molecule has 0 bridgehead atoms.